The number of hydrogen-bond acceptors (Lipinski definition) is 4. The molecule has 1 aliphatic rings. The number of benzene rings is 1. The number of halogens is 2. The molecule has 8 heteroatoms. The summed E-state index contributed by atoms with van der Waals surface area (Å²) in [4.78, 5) is 14.3. The summed E-state index contributed by atoms with van der Waals surface area (Å²) in [6, 6.07) is 9.59. The van der Waals surface area contributed by atoms with E-state index in [1.165, 1.54) is 12.1 Å². The minimum Gasteiger partial charge on any atom is -0.482 e. The number of pyridine rings is 1. The highest BCUT2D eigenvalue weighted by Crippen LogP contribution is 2.27. The molecule has 1 fully saturated rings. The van der Waals surface area contributed by atoms with E-state index in [1.807, 2.05) is 28.8 Å². The predicted octanol–water partition coefficient (Wildman–Crippen LogP) is 3.31. The van der Waals surface area contributed by atoms with Gasteiger partial charge in [-0.2, -0.15) is 0 Å². The number of rotatable bonds is 4. The molecule has 0 aliphatic carbocycles. The molecule has 0 saturated carbocycles. The van der Waals surface area contributed by atoms with E-state index in [9.17, 15) is 9.18 Å². The highest BCUT2D eigenvalue weighted by molar-refractivity contribution is 6.32. The largest absolute Gasteiger partial charge is 0.482 e. The zero-order chi connectivity index (χ0) is 18.8. The molecular formula is C19H18ClFN4O2. The molecule has 0 radical (unpaired) electrons. The average molecular weight is 389 g/mol. The number of ether oxygens (including phenoxy) is 1. The van der Waals surface area contributed by atoms with Gasteiger partial charge < -0.3 is 9.64 Å². The smallest absolute Gasteiger partial charge is 0.260 e. The standard InChI is InChI=1S/C19H18ClFN4O2/c20-15-10-14(21)6-7-16(15)27-12-18(26)24-8-3-4-13(11-24)19-23-22-17-5-1-2-9-25(17)19/h1-2,5-7,9-10,13H,3-4,8,11-12H2. The minimum atomic E-state index is -0.446. The Morgan fingerprint density at radius 1 is 1.30 bits per heavy atom. The molecule has 4 rings (SSSR count). The lowest BCUT2D eigenvalue weighted by atomic mass is 9.97. The van der Waals surface area contributed by atoms with Crippen molar-refractivity contribution >= 4 is 23.2 Å². The Labute approximate surface area is 160 Å². The maximum absolute atomic E-state index is 13.1. The Bertz CT molecular complexity index is 977. The van der Waals surface area contributed by atoms with Crippen molar-refractivity contribution in [1.29, 1.82) is 0 Å². The first kappa shape index (κ1) is 17.7. The summed E-state index contributed by atoms with van der Waals surface area (Å²) in [5.74, 6) is 0.704. The fourth-order valence-electron chi connectivity index (χ4n) is 3.38. The summed E-state index contributed by atoms with van der Waals surface area (Å²) in [7, 11) is 0. The van der Waals surface area contributed by atoms with Crippen LogP contribution in [0.25, 0.3) is 5.65 Å². The van der Waals surface area contributed by atoms with Gasteiger partial charge >= 0.3 is 0 Å². The fourth-order valence-corrected chi connectivity index (χ4v) is 3.60. The second-order valence-electron chi connectivity index (χ2n) is 6.53. The minimum absolute atomic E-state index is 0.120. The van der Waals surface area contributed by atoms with Crippen molar-refractivity contribution in [2.24, 2.45) is 0 Å². The lowest BCUT2D eigenvalue weighted by molar-refractivity contribution is -0.134. The van der Waals surface area contributed by atoms with Crippen molar-refractivity contribution in [2.45, 2.75) is 18.8 Å². The topological polar surface area (TPSA) is 59.7 Å². The van der Waals surface area contributed by atoms with Gasteiger partial charge in [0, 0.05) is 25.2 Å². The highest BCUT2D eigenvalue weighted by atomic mass is 35.5. The summed E-state index contributed by atoms with van der Waals surface area (Å²) in [5.41, 5.74) is 0.797. The third kappa shape index (κ3) is 3.73. The van der Waals surface area contributed by atoms with Crippen LogP contribution < -0.4 is 4.74 Å². The lowest BCUT2D eigenvalue weighted by Crippen LogP contribution is -2.42. The number of likely N-dealkylation sites (tertiary alicyclic amines) is 1. The van der Waals surface area contributed by atoms with Crippen LogP contribution in [0.1, 0.15) is 24.6 Å². The van der Waals surface area contributed by atoms with E-state index in [1.54, 1.807) is 4.90 Å². The van der Waals surface area contributed by atoms with E-state index in [0.29, 0.717) is 18.8 Å². The van der Waals surface area contributed by atoms with Gasteiger partial charge in [0.1, 0.15) is 17.4 Å². The molecule has 1 aliphatic heterocycles. The normalized spacial score (nSPS) is 17.3. The third-order valence-electron chi connectivity index (χ3n) is 4.72. The molecule has 1 saturated heterocycles. The van der Waals surface area contributed by atoms with Gasteiger partial charge in [0.15, 0.2) is 12.3 Å². The molecule has 140 valence electrons. The molecule has 3 aromatic rings. The van der Waals surface area contributed by atoms with E-state index >= 15 is 0 Å². The predicted molar refractivity (Wildman–Crippen MR) is 98.4 cm³/mol. The number of amides is 1. The second kappa shape index (κ2) is 7.52. The molecule has 6 nitrogen and oxygen atoms in total. The zero-order valence-corrected chi connectivity index (χ0v) is 15.3. The van der Waals surface area contributed by atoms with Crippen molar-refractivity contribution < 1.29 is 13.9 Å². The van der Waals surface area contributed by atoms with Crippen LogP contribution in [0.5, 0.6) is 5.75 Å². The van der Waals surface area contributed by atoms with E-state index in [4.69, 9.17) is 16.3 Å². The van der Waals surface area contributed by atoms with E-state index in [0.717, 1.165) is 30.4 Å². The van der Waals surface area contributed by atoms with Crippen LogP contribution in [0.4, 0.5) is 4.39 Å². The first-order valence-electron chi connectivity index (χ1n) is 8.77. The van der Waals surface area contributed by atoms with Crippen molar-refractivity contribution in [3.8, 4) is 5.75 Å². The van der Waals surface area contributed by atoms with Crippen LogP contribution >= 0.6 is 11.6 Å². The molecule has 1 amide bonds. The van der Waals surface area contributed by atoms with Gasteiger partial charge in [0.25, 0.3) is 5.91 Å². The second-order valence-corrected chi connectivity index (χ2v) is 6.94. The summed E-state index contributed by atoms with van der Waals surface area (Å²) in [5, 5.41) is 8.66. The van der Waals surface area contributed by atoms with Crippen LogP contribution in [0.2, 0.25) is 5.02 Å². The van der Waals surface area contributed by atoms with Crippen LogP contribution in [-0.4, -0.2) is 45.1 Å². The number of hydrogen-bond donors (Lipinski definition) is 0. The Kier molecular flexibility index (Phi) is 4.94. The van der Waals surface area contributed by atoms with Gasteiger partial charge in [-0.1, -0.05) is 17.7 Å². The van der Waals surface area contributed by atoms with Crippen LogP contribution in [0, 0.1) is 5.82 Å². The summed E-state index contributed by atoms with van der Waals surface area (Å²) in [6.45, 7) is 1.10. The molecule has 0 spiro atoms. The van der Waals surface area contributed by atoms with Crippen molar-refractivity contribution in [1.82, 2.24) is 19.5 Å². The third-order valence-corrected chi connectivity index (χ3v) is 5.02. The molecule has 27 heavy (non-hydrogen) atoms. The first-order valence-corrected chi connectivity index (χ1v) is 9.15. The van der Waals surface area contributed by atoms with E-state index < -0.39 is 5.82 Å². The van der Waals surface area contributed by atoms with Gasteiger partial charge in [-0.25, -0.2) is 4.39 Å². The van der Waals surface area contributed by atoms with Gasteiger partial charge in [-0.15, -0.1) is 10.2 Å². The molecular weight excluding hydrogens is 371 g/mol. The lowest BCUT2D eigenvalue weighted by Gasteiger charge is -2.32. The number of carbonyl (C=O) groups excluding carboxylic acids is 1. The van der Waals surface area contributed by atoms with Crippen molar-refractivity contribution in [3.05, 3.63) is 59.3 Å². The molecule has 1 unspecified atom stereocenters. The zero-order valence-electron chi connectivity index (χ0n) is 14.5. The summed E-state index contributed by atoms with van der Waals surface area (Å²) in [6.07, 6.45) is 3.77. The Hall–Kier alpha value is -2.67. The van der Waals surface area contributed by atoms with Crippen LogP contribution in [0.15, 0.2) is 42.6 Å². The molecule has 1 atom stereocenters. The molecule has 2 aromatic heterocycles. The SMILES string of the molecule is O=C(COc1ccc(F)cc1Cl)N1CCCC(c2nnc3ccccn23)C1. The number of carbonyl (C=O) groups is 1. The van der Waals surface area contributed by atoms with Crippen LogP contribution in [0.3, 0.4) is 0 Å². The number of fused-ring (bicyclic) bond motifs is 1. The number of aromatic nitrogens is 3. The summed E-state index contributed by atoms with van der Waals surface area (Å²) >= 11 is 5.94. The first-order chi connectivity index (χ1) is 13.1. The maximum atomic E-state index is 13.1. The quantitative estimate of drug-likeness (QED) is 0.688. The van der Waals surface area contributed by atoms with Crippen LogP contribution in [-0.2, 0) is 4.79 Å². The monoisotopic (exact) mass is 388 g/mol. The highest BCUT2D eigenvalue weighted by Gasteiger charge is 2.28. The van der Waals surface area contributed by atoms with Crippen molar-refractivity contribution in [3.63, 3.8) is 0 Å². The number of nitrogens with zero attached hydrogens (tertiary/aromatic N) is 4. The van der Waals surface area contributed by atoms with Gasteiger partial charge in [-0.05, 0) is 43.2 Å². The molecule has 3 heterocycles. The van der Waals surface area contributed by atoms with E-state index in [-0.39, 0.29) is 23.5 Å². The Morgan fingerprint density at radius 3 is 3.04 bits per heavy atom. The van der Waals surface area contributed by atoms with E-state index in [2.05, 4.69) is 10.2 Å². The molecule has 0 N–H and O–H groups in total. The Morgan fingerprint density at radius 2 is 2.19 bits per heavy atom. The van der Waals surface area contributed by atoms with Gasteiger partial charge in [0.2, 0.25) is 0 Å². The number of piperidine rings is 1. The fraction of sp³-hybridized carbons (Fsp3) is 0.316. The molecule has 1 aromatic carbocycles. The maximum Gasteiger partial charge on any atom is 0.260 e. The average Bonchev–Trinajstić information content (AvgIpc) is 3.11. The van der Waals surface area contributed by atoms with Crippen molar-refractivity contribution in [2.75, 3.05) is 19.7 Å². The summed E-state index contributed by atoms with van der Waals surface area (Å²) < 4.78 is 20.5. The molecule has 0 bridgehead atoms. The van der Waals surface area contributed by atoms with Gasteiger partial charge in [0.05, 0.1) is 5.02 Å². The van der Waals surface area contributed by atoms with Gasteiger partial charge in [-0.3, -0.25) is 9.20 Å². The Balaban J connectivity index is 1.42.